The molecule has 1 aliphatic rings. The summed E-state index contributed by atoms with van der Waals surface area (Å²) >= 11 is 0. The molecule has 0 radical (unpaired) electrons. The van der Waals surface area contributed by atoms with Crippen LogP contribution >= 0.6 is 0 Å². The second-order valence-electron chi connectivity index (χ2n) is 5.48. The molecule has 122 valence electrons. The summed E-state index contributed by atoms with van der Waals surface area (Å²) in [5.74, 6) is 1.85. The van der Waals surface area contributed by atoms with Gasteiger partial charge in [-0.05, 0) is 43.6 Å². The average Bonchev–Trinajstić information content (AvgIpc) is 3.25. The summed E-state index contributed by atoms with van der Waals surface area (Å²) in [5, 5.41) is 7.24. The van der Waals surface area contributed by atoms with Gasteiger partial charge in [-0.15, -0.1) is 0 Å². The maximum absolute atomic E-state index is 11.5. The lowest BCUT2D eigenvalue weighted by Crippen LogP contribution is -2.11. The minimum absolute atomic E-state index is 0.192. The monoisotopic (exact) mass is 317 g/mol. The highest BCUT2D eigenvalue weighted by Gasteiger charge is 2.18. The summed E-state index contributed by atoms with van der Waals surface area (Å²) in [4.78, 5) is 15.8. The van der Waals surface area contributed by atoms with E-state index in [1.807, 2.05) is 0 Å². The van der Waals surface area contributed by atoms with E-state index in [1.165, 1.54) is 7.11 Å². The Bertz CT molecular complexity index is 665. The van der Waals surface area contributed by atoms with E-state index in [-0.39, 0.29) is 6.61 Å². The van der Waals surface area contributed by atoms with Gasteiger partial charge in [-0.3, -0.25) is 0 Å². The van der Waals surface area contributed by atoms with Crippen molar-refractivity contribution in [2.75, 3.05) is 20.2 Å². The number of rotatable bonds is 6. The largest absolute Gasteiger partial charge is 0.485 e. The molecule has 1 atom stereocenters. The van der Waals surface area contributed by atoms with Crippen LogP contribution in [0.5, 0.6) is 5.75 Å². The van der Waals surface area contributed by atoms with E-state index < -0.39 is 5.97 Å². The van der Waals surface area contributed by atoms with Crippen LogP contribution in [0.15, 0.2) is 28.8 Å². The van der Waals surface area contributed by atoms with Crippen LogP contribution in [-0.4, -0.2) is 36.3 Å². The van der Waals surface area contributed by atoms with Crippen molar-refractivity contribution in [3.8, 4) is 5.75 Å². The van der Waals surface area contributed by atoms with Crippen molar-refractivity contribution in [1.29, 1.82) is 0 Å². The molecule has 7 nitrogen and oxygen atoms in total. The fourth-order valence-corrected chi connectivity index (χ4v) is 2.55. The molecule has 2 aromatic rings. The Morgan fingerprint density at radius 1 is 1.48 bits per heavy atom. The summed E-state index contributed by atoms with van der Waals surface area (Å²) in [6.07, 6.45) is 1.92. The molecule has 0 saturated carbocycles. The molecule has 0 aliphatic carbocycles. The number of carbonyl (C=O) groups is 1. The van der Waals surface area contributed by atoms with Crippen molar-refractivity contribution >= 4 is 5.97 Å². The molecular formula is C16H19N3O4. The van der Waals surface area contributed by atoms with Gasteiger partial charge in [-0.2, -0.15) is 4.98 Å². The number of aromatic nitrogens is 2. The number of ether oxygens (including phenoxy) is 2. The Kier molecular flexibility index (Phi) is 4.87. The van der Waals surface area contributed by atoms with E-state index in [4.69, 9.17) is 9.26 Å². The predicted molar refractivity (Wildman–Crippen MR) is 81.1 cm³/mol. The lowest BCUT2D eigenvalue weighted by Gasteiger charge is -2.05. The molecule has 7 heteroatoms. The van der Waals surface area contributed by atoms with Gasteiger partial charge in [0.25, 0.3) is 0 Å². The van der Waals surface area contributed by atoms with Crippen molar-refractivity contribution in [2.45, 2.75) is 19.4 Å². The number of esters is 1. The minimum atomic E-state index is -0.400. The zero-order chi connectivity index (χ0) is 16.1. The van der Waals surface area contributed by atoms with Gasteiger partial charge in [0.1, 0.15) is 5.75 Å². The number of nitrogens with one attached hydrogen (secondary N) is 1. The average molecular weight is 317 g/mol. The highest BCUT2D eigenvalue weighted by atomic mass is 16.5. The first-order valence-corrected chi connectivity index (χ1v) is 7.58. The third kappa shape index (κ3) is 4.07. The molecule has 2 heterocycles. The summed E-state index contributed by atoms with van der Waals surface area (Å²) in [5.41, 5.74) is 0.438. The van der Waals surface area contributed by atoms with Gasteiger partial charge in [0, 0.05) is 6.42 Å². The molecule has 0 bridgehead atoms. The summed E-state index contributed by atoms with van der Waals surface area (Å²) in [7, 11) is 1.34. The Labute approximate surface area is 134 Å². The molecule has 0 amide bonds. The van der Waals surface area contributed by atoms with Gasteiger partial charge in [0.05, 0.1) is 12.7 Å². The first-order chi connectivity index (χ1) is 11.2. The van der Waals surface area contributed by atoms with Crippen LogP contribution in [-0.2, 0) is 17.8 Å². The topological polar surface area (TPSA) is 86.5 Å². The van der Waals surface area contributed by atoms with E-state index in [9.17, 15) is 4.79 Å². The molecule has 1 aliphatic heterocycles. The van der Waals surface area contributed by atoms with Crippen molar-refractivity contribution < 1.29 is 18.8 Å². The van der Waals surface area contributed by atoms with Crippen LogP contribution in [0.4, 0.5) is 0 Å². The number of hydrogen-bond donors (Lipinski definition) is 1. The molecule has 1 saturated heterocycles. The number of nitrogens with zero attached hydrogens (tertiary/aromatic N) is 2. The summed E-state index contributed by atoms with van der Waals surface area (Å²) in [6, 6.07) is 6.78. The molecule has 3 rings (SSSR count). The van der Waals surface area contributed by atoms with Crippen molar-refractivity contribution in [3.63, 3.8) is 0 Å². The summed E-state index contributed by atoms with van der Waals surface area (Å²) < 4.78 is 15.5. The number of hydrogen-bond acceptors (Lipinski definition) is 7. The Balaban J connectivity index is 1.56. The Morgan fingerprint density at radius 2 is 2.39 bits per heavy atom. The number of methoxy groups -OCH3 is 1. The van der Waals surface area contributed by atoms with Gasteiger partial charge >= 0.3 is 5.97 Å². The molecular weight excluding hydrogens is 298 g/mol. The van der Waals surface area contributed by atoms with E-state index >= 15 is 0 Å². The zero-order valence-electron chi connectivity index (χ0n) is 12.9. The normalized spacial score (nSPS) is 17.2. The third-order valence-corrected chi connectivity index (χ3v) is 3.76. The highest BCUT2D eigenvalue weighted by Crippen LogP contribution is 2.17. The maximum Gasteiger partial charge on any atom is 0.337 e. The smallest absolute Gasteiger partial charge is 0.337 e. The first-order valence-electron chi connectivity index (χ1n) is 7.58. The second-order valence-corrected chi connectivity index (χ2v) is 5.48. The van der Waals surface area contributed by atoms with Gasteiger partial charge in [-0.1, -0.05) is 11.2 Å². The lowest BCUT2D eigenvalue weighted by molar-refractivity contribution is 0.0600. The Morgan fingerprint density at radius 3 is 3.17 bits per heavy atom. The molecule has 1 aromatic heterocycles. The molecule has 0 spiro atoms. The van der Waals surface area contributed by atoms with Crippen LogP contribution < -0.4 is 10.1 Å². The molecule has 1 N–H and O–H groups in total. The first kappa shape index (κ1) is 15.5. The van der Waals surface area contributed by atoms with Gasteiger partial charge in [0.2, 0.25) is 11.7 Å². The Hall–Kier alpha value is -2.41. The quantitative estimate of drug-likeness (QED) is 0.809. The number of benzene rings is 1. The molecule has 1 fully saturated rings. The maximum atomic E-state index is 11.5. The molecule has 1 unspecified atom stereocenters. The SMILES string of the molecule is COC(=O)c1cccc(OCc2noc(CC3CCNC3)n2)c1. The van der Waals surface area contributed by atoms with Crippen LogP contribution in [0.1, 0.15) is 28.5 Å². The van der Waals surface area contributed by atoms with Gasteiger partial charge in [0.15, 0.2) is 6.61 Å². The van der Waals surface area contributed by atoms with Crippen molar-refractivity contribution in [1.82, 2.24) is 15.5 Å². The van der Waals surface area contributed by atoms with Crippen LogP contribution in [0.3, 0.4) is 0 Å². The second kappa shape index (κ2) is 7.23. The van der Waals surface area contributed by atoms with Crippen molar-refractivity contribution in [3.05, 3.63) is 41.5 Å². The van der Waals surface area contributed by atoms with Gasteiger partial charge < -0.3 is 19.3 Å². The fraction of sp³-hybridized carbons (Fsp3) is 0.438. The third-order valence-electron chi connectivity index (χ3n) is 3.76. The zero-order valence-corrected chi connectivity index (χ0v) is 12.9. The summed E-state index contributed by atoms with van der Waals surface area (Å²) in [6.45, 7) is 2.23. The van der Waals surface area contributed by atoms with E-state index in [1.54, 1.807) is 24.3 Å². The minimum Gasteiger partial charge on any atom is -0.485 e. The van der Waals surface area contributed by atoms with Crippen LogP contribution in [0.25, 0.3) is 0 Å². The van der Waals surface area contributed by atoms with Crippen LogP contribution in [0.2, 0.25) is 0 Å². The van der Waals surface area contributed by atoms with E-state index in [2.05, 4.69) is 20.2 Å². The van der Waals surface area contributed by atoms with E-state index in [0.717, 1.165) is 25.9 Å². The van der Waals surface area contributed by atoms with Gasteiger partial charge in [-0.25, -0.2) is 4.79 Å². The molecule has 23 heavy (non-hydrogen) atoms. The fourth-order valence-electron chi connectivity index (χ4n) is 2.55. The van der Waals surface area contributed by atoms with Crippen molar-refractivity contribution in [2.24, 2.45) is 5.92 Å². The standard InChI is InChI=1S/C16H19N3O4/c1-21-16(20)12-3-2-4-13(8-12)22-10-14-18-15(23-19-14)7-11-5-6-17-9-11/h2-4,8,11,17H,5-7,9-10H2,1H3. The highest BCUT2D eigenvalue weighted by molar-refractivity contribution is 5.89. The number of carbonyl (C=O) groups excluding carboxylic acids is 1. The lowest BCUT2D eigenvalue weighted by atomic mass is 10.1. The van der Waals surface area contributed by atoms with Crippen LogP contribution in [0, 0.1) is 5.92 Å². The van der Waals surface area contributed by atoms with E-state index in [0.29, 0.717) is 28.9 Å². The molecule has 1 aromatic carbocycles. The predicted octanol–water partition coefficient (Wildman–Crippen LogP) is 1.59.